The zero-order chi connectivity index (χ0) is 13.1. The molecule has 1 aliphatic rings. The van der Waals surface area contributed by atoms with E-state index in [0.29, 0.717) is 5.56 Å². The van der Waals surface area contributed by atoms with Crippen LogP contribution in [0.1, 0.15) is 21.4 Å². The molecule has 3 rings (SSSR count). The number of thioether (sulfide) groups is 1. The van der Waals surface area contributed by atoms with Gasteiger partial charge in [0.15, 0.2) is 0 Å². The molecule has 19 heavy (non-hydrogen) atoms. The summed E-state index contributed by atoms with van der Waals surface area (Å²) >= 11 is 3.46. The Labute approximate surface area is 119 Å². The number of hydrogen-bond acceptors (Lipinski definition) is 6. The van der Waals surface area contributed by atoms with E-state index in [-0.39, 0.29) is 11.9 Å². The van der Waals surface area contributed by atoms with Crippen molar-refractivity contribution in [2.45, 2.75) is 6.04 Å². The maximum atomic E-state index is 12.5. The Bertz CT molecular complexity index is 546. The van der Waals surface area contributed by atoms with E-state index in [1.54, 1.807) is 29.8 Å². The molecule has 0 spiro atoms. The van der Waals surface area contributed by atoms with Crippen LogP contribution in [0.15, 0.2) is 30.0 Å². The number of aromatic nitrogens is 3. The minimum absolute atomic E-state index is 0.00963. The second-order valence-corrected chi connectivity index (χ2v) is 6.17. The molecule has 1 aliphatic heterocycles. The number of carbonyl (C=O) groups is 1. The number of rotatable bonds is 2. The predicted octanol–water partition coefficient (Wildman–Crippen LogP) is 1.86. The predicted molar refractivity (Wildman–Crippen MR) is 75.2 cm³/mol. The molecule has 1 fully saturated rings. The zero-order valence-corrected chi connectivity index (χ0v) is 11.7. The van der Waals surface area contributed by atoms with Crippen molar-refractivity contribution in [2.24, 2.45) is 0 Å². The van der Waals surface area contributed by atoms with Crippen LogP contribution >= 0.6 is 23.1 Å². The quantitative estimate of drug-likeness (QED) is 0.845. The Morgan fingerprint density at radius 3 is 3.05 bits per heavy atom. The van der Waals surface area contributed by atoms with Gasteiger partial charge >= 0.3 is 0 Å². The topological polar surface area (TPSA) is 59.0 Å². The molecule has 98 valence electrons. The van der Waals surface area contributed by atoms with Gasteiger partial charge in [-0.25, -0.2) is 4.98 Å². The highest BCUT2D eigenvalue weighted by Crippen LogP contribution is 2.31. The average molecular weight is 292 g/mol. The normalized spacial score (nSPS) is 19.4. The fourth-order valence-corrected chi connectivity index (χ4v) is 3.94. The van der Waals surface area contributed by atoms with Crippen molar-refractivity contribution in [2.75, 3.05) is 18.1 Å². The minimum Gasteiger partial charge on any atom is -0.327 e. The van der Waals surface area contributed by atoms with Crippen molar-refractivity contribution in [1.29, 1.82) is 0 Å². The van der Waals surface area contributed by atoms with E-state index < -0.39 is 0 Å². The van der Waals surface area contributed by atoms with Gasteiger partial charge in [0.05, 0.1) is 24.0 Å². The second kappa shape index (κ2) is 5.66. The van der Waals surface area contributed by atoms with Gasteiger partial charge in [-0.05, 0) is 6.07 Å². The third-order valence-electron chi connectivity index (χ3n) is 2.96. The first kappa shape index (κ1) is 12.6. The van der Waals surface area contributed by atoms with E-state index in [1.165, 1.54) is 6.20 Å². The number of nitrogens with zero attached hydrogens (tertiary/aromatic N) is 4. The van der Waals surface area contributed by atoms with Crippen molar-refractivity contribution in [3.63, 3.8) is 0 Å². The summed E-state index contributed by atoms with van der Waals surface area (Å²) < 4.78 is 0. The van der Waals surface area contributed by atoms with Gasteiger partial charge < -0.3 is 4.90 Å². The van der Waals surface area contributed by atoms with Gasteiger partial charge in [0.1, 0.15) is 5.01 Å². The summed E-state index contributed by atoms with van der Waals surface area (Å²) in [5.74, 6) is 1.87. The molecular weight excluding hydrogens is 280 g/mol. The molecule has 0 saturated carbocycles. The van der Waals surface area contributed by atoms with Gasteiger partial charge in [0.25, 0.3) is 5.91 Å². The molecule has 0 unspecified atom stereocenters. The third-order valence-corrected chi connectivity index (χ3v) is 4.86. The number of hydrogen-bond donors (Lipinski definition) is 0. The molecule has 1 atom stereocenters. The maximum Gasteiger partial charge on any atom is 0.256 e. The molecule has 1 saturated heterocycles. The lowest BCUT2D eigenvalue weighted by molar-refractivity contribution is 0.0700. The number of amides is 1. The standard InChI is InChI=1S/C12H12N4OS2/c17-12(9-1-2-14-15-7-9)16-4-6-18-8-10(16)11-13-3-5-19-11/h1-3,5,7,10H,4,6,8H2/t10-/m1/s1. The smallest absolute Gasteiger partial charge is 0.256 e. The first-order chi connectivity index (χ1) is 9.36. The molecule has 0 radical (unpaired) electrons. The highest BCUT2D eigenvalue weighted by atomic mass is 32.2. The molecule has 7 heteroatoms. The first-order valence-electron chi connectivity index (χ1n) is 5.91. The van der Waals surface area contributed by atoms with Crippen LogP contribution in [0.25, 0.3) is 0 Å². The van der Waals surface area contributed by atoms with Crippen LogP contribution in [-0.4, -0.2) is 44.0 Å². The highest BCUT2D eigenvalue weighted by Gasteiger charge is 2.30. The summed E-state index contributed by atoms with van der Waals surface area (Å²) in [5.41, 5.74) is 0.587. The van der Waals surface area contributed by atoms with Gasteiger partial charge in [0.2, 0.25) is 0 Å². The first-order valence-corrected chi connectivity index (χ1v) is 7.94. The van der Waals surface area contributed by atoms with Gasteiger partial charge in [-0.15, -0.1) is 11.3 Å². The molecule has 2 aromatic heterocycles. The lowest BCUT2D eigenvalue weighted by Crippen LogP contribution is -2.40. The van der Waals surface area contributed by atoms with Crippen LogP contribution in [-0.2, 0) is 0 Å². The van der Waals surface area contributed by atoms with Crippen LogP contribution in [0.4, 0.5) is 0 Å². The molecular formula is C12H12N4OS2. The van der Waals surface area contributed by atoms with E-state index in [0.717, 1.165) is 23.1 Å². The number of carbonyl (C=O) groups excluding carboxylic acids is 1. The van der Waals surface area contributed by atoms with E-state index in [2.05, 4.69) is 15.2 Å². The molecule has 0 N–H and O–H groups in total. The minimum atomic E-state index is 0.00963. The monoisotopic (exact) mass is 292 g/mol. The summed E-state index contributed by atoms with van der Waals surface area (Å²) in [6, 6.07) is 1.77. The van der Waals surface area contributed by atoms with Gasteiger partial charge in [-0.3, -0.25) is 4.79 Å². The van der Waals surface area contributed by atoms with Crippen LogP contribution in [0.2, 0.25) is 0 Å². The van der Waals surface area contributed by atoms with Crippen molar-refractivity contribution >= 4 is 29.0 Å². The van der Waals surface area contributed by atoms with Crippen molar-refractivity contribution in [3.05, 3.63) is 40.6 Å². The average Bonchev–Trinajstić information content (AvgIpc) is 3.01. The van der Waals surface area contributed by atoms with Gasteiger partial charge in [-0.2, -0.15) is 22.0 Å². The van der Waals surface area contributed by atoms with Gasteiger partial charge in [0, 0.05) is 29.6 Å². The SMILES string of the molecule is O=C(c1ccnnc1)N1CCSC[C@@H]1c1nccs1. The van der Waals surface area contributed by atoms with Crippen LogP contribution in [0.3, 0.4) is 0 Å². The summed E-state index contributed by atoms with van der Waals surface area (Å²) in [6.45, 7) is 0.746. The Hall–Kier alpha value is -1.47. The third kappa shape index (κ3) is 2.62. The molecule has 0 aromatic carbocycles. The van der Waals surface area contributed by atoms with Crippen molar-refractivity contribution < 1.29 is 4.79 Å². The number of thiazole rings is 1. The molecule has 3 heterocycles. The summed E-state index contributed by atoms with van der Waals surface area (Å²) in [5, 5.41) is 10.4. The molecule has 2 aromatic rings. The summed E-state index contributed by atoms with van der Waals surface area (Å²) in [7, 11) is 0. The van der Waals surface area contributed by atoms with E-state index in [1.807, 2.05) is 22.0 Å². The van der Waals surface area contributed by atoms with Crippen molar-refractivity contribution in [1.82, 2.24) is 20.1 Å². The molecule has 5 nitrogen and oxygen atoms in total. The Morgan fingerprint density at radius 1 is 1.37 bits per heavy atom. The van der Waals surface area contributed by atoms with Gasteiger partial charge in [-0.1, -0.05) is 0 Å². The van der Waals surface area contributed by atoms with E-state index in [9.17, 15) is 4.79 Å². The lowest BCUT2D eigenvalue weighted by Gasteiger charge is -2.34. The largest absolute Gasteiger partial charge is 0.327 e. The summed E-state index contributed by atoms with van der Waals surface area (Å²) in [4.78, 5) is 18.8. The van der Waals surface area contributed by atoms with Crippen LogP contribution in [0.5, 0.6) is 0 Å². The molecule has 0 aliphatic carbocycles. The Kier molecular flexibility index (Phi) is 3.74. The fraction of sp³-hybridized carbons (Fsp3) is 0.333. The molecule has 0 bridgehead atoms. The van der Waals surface area contributed by atoms with E-state index in [4.69, 9.17) is 0 Å². The zero-order valence-electron chi connectivity index (χ0n) is 10.1. The Balaban J connectivity index is 1.87. The second-order valence-electron chi connectivity index (χ2n) is 4.09. The molecule has 1 amide bonds. The van der Waals surface area contributed by atoms with E-state index >= 15 is 0 Å². The van der Waals surface area contributed by atoms with Crippen LogP contribution < -0.4 is 0 Å². The lowest BCUT2D eigenvalue weighted by atomic mass is 10.2. The summed E-state index contributed by atoms with van der Waals surface area (Å²) in [6.07, 6.45) is 4.85. The fourth-order valence-electron chi connectivity index (χ4n) is 2.03. The highest BCUT2D eigenvalue weighted by molar-refractivity contribution is 7.99. The Morgan fingerprint density at radius 2 is 2.32 bits per heavy atom. The van der Waals surface area contributed by atoms with Crippen molar-refractivity contribution in [3.8, 4) is 0 Å². The maximum absolute atomic E-state index is 12.5. The van der Waals surface area contributed by atoms with Crippen LogP contribution in [0, 0.1) is 0 Å².